The van der Waals surface area contributed by atoms with Gasteiger partial charge in [-0.1, -0.05) is 11.6 Å². The fourth-order valence-corrected chi connectivity index (χ4v) is 2.33. The standard InChI is InChI=1S/C18H15ClF3NO4/c1-26-17(25)9-6-13-4-3-12(27-13)5-8-16(24)23-11-2-7-15(19)14(10-11)18(20,21)22/h2-5,7-8,10H,6,9H2,1H3,(H,23,24)/b8-5+. The molecule has 5 nitrogen and oxygen atoms in total. The summed E-state index contributed by atoms with van der Waals surface area (Å²) in [7, 11) is 1.29. The van der Waals surface area contributed by atoms with Gasteiger partial charge in [0.25, 0.3) is 0 Å². The highest BCUT2D eigenvalue weighted by molar-refractivity contribution is 6.31. The highest BCUT2D eigenvalue weighted by atomic mass is 35.5. The van der Waals surface area contributed by atoms with Crippen LogP contribution in [-0.4, -0.2) is 19.0 Å². The second-order valence-electron chi connectivity index (χ2n) is 5.40. The van der Waals surface area contributed by atoms with Crippen LogP contribution in [0.2, 0.25) is 5.02 Å². The summed E-state index contributed by atoms with van der Waals surface area (Å²) in [5.74, 6) is -0.118. The largest absolute Gasteiger partial charge is 0.469 e. The normalized spacial score (nSPS) is 11.6. The Bertz CT molecular complexity index is 859. The Hall–Kier alpha value is -2.74. The van der Waals surface area contributed by atoms with Crippen molar-refractivity contribution in [2.45, 2.75) is 19.0 Å². The molecule has 27 heavy (non-hydrogen) atoms. The number of furan rings is 1. The van der Waals surface area contributed by atoms with Crippen LogP contribution in [0.3, 0.4) is 0 Å². The quantitative estimate of drug-likeness (QED) is 0.562. The lowest BCUT2D eigenvalue weighted by atomic mass is 10.2. The minimum absolute atomic E-state index is 0.0420. The molecule has 9 heteroatoms. The molecule has 1 N–H and O–H groups in total. The molecular formula is C18H15ClF3NO4. The lowest BCUT2D eigenvalue weighted by molar-refractivity contribution is -0.140. The van der Waals surface area contributed by atoms with Crippen LogP contribution in [-0.2, 0) is 26.9 Å². The number of amides is 1. The Balaban J connectivity index is 1.98. The molecule has 1 heterocycles. The van der Waals surface area contributed by atoms with Gasteiger partial charge in [0.1, 0.15) is 11.5 Å². The van der Waals surface area contributed by atoms with Crippen molar-refractivity contribution in [1.82, 2.24) is 0 Å². The van der Waals surface area contributed by atoms with Gasteiger partial charge in [0.15, 0.2) is 0 Å². The lowest BCUT2D eigenvalue weighted by Gasteiger charge is -2.11. The molecule has 0 spiro atoms. The number of carbonyl (C=O) groups excluding carboxylic acids is 2. The van der Waals surface area contributed by atoms with Gasteiger partial charge in [0.05, 0.1) is 24.1 Å². The van der Waals surface area contributed by atoms with Gasteiger partial charge in [0.2, 0.25) is 5.91 Å². The first-order valence-electron chi connectivity index (χ1n) is 7.70. The predicted molar refractivity (Wildman–Crippen MR) is 93.2 cm³/mol. The molecule has 2 rings (SSSR count). The maximum atomic E-state index is 12.8. The second-order valence-corrected chi connectivity index (χ2v) is 5.80. The van der Waals surface area contributed by atoms with Crippen molar-refractivity contribution in [2.75, 3.05) is 12.4 Å². The van der Waals surface area contributed by atoms with E-state index in [1.807, 2.05) is 0 Å². The molecule has 0 radical (unpaired) electrons. The van der Waals surface area contributed by atoms with E-state index in [0.717, 1.165) is 18.2 Å². The first-order chi connectivity index (χ1) is 12.7. The van der Waals surface area contributed by atoms with E-state index >= 15 is 0 Å². The molecule has 1 aromatic heterocycles. The molecule has 0 fully saturated rings. The summed E-state index contributed by atoms with van der Waals surface area (Å²) in [6, 6.07) is 6.33. The van der Waals surface area contributed by atoms with Gasteiger partial charge < -0.3 is 14.5 Å². The van der Waals surface area contributed by atoms with Gasteiger partial charge in [-0.3, -0.25) is 9.59 Å². The molecule has 0 saturated carbocycles. The molecule has 2 aromatic rings. The first-order valence-corrected chi connectivity index (χ1v) is 8.08. The number of nitrogens with one attached hydrogen (secondary N) is 1. The number of hydrogen-bond donors (Lipinski definition) is 1. The number of esters is 1. The molecule has 144 valence electrons. The monoisotopic (exact) mass is 401 g/mol. The summed E-state index contributed by atoms with van der Waals surface area (Å²) in [5.41, 5.74) is -1.08. The number of ether oxygens (including phenoxy) is 1. The maximum absolute atomic E-state index is 12.8. The average Bonchev–Trinajstić information content (AvgIpc) is 3.06. The number of carbonyl (C=O) groups is 2. The first kappa shape index (κ1) is 20.6. The Morgan fingerprint density at radius 1 is 1.26 bits per heavy atom. The predicted octanol–water partition coefficient (Wildman–Crippen LogP) is 4.71. The van der Waals surface area contributed by atoms with Crippen molar-refractivity contribution in [2.24, 2.45) is 0 Å². The van der Waals surface area contributed by atoms with E-state index in [2.05, 4.69) is 10.1 Å². The van der Waals surface area contributed by atoms with Crippen LogP contribution in [0, 0.1) is 0 Å². The van der Waals surface area contributed by atoms with Crippen molar-refractivity contribution in [1.29, 1.82) is 0 Å². The number of anilines is 1. The summed E-state index contributed by atoms with van der Waals surface area (Å²) < 4.78 is 48.4. The molecule has 0 aliphatic carbocycles. The molecule has 1 aromatic carbocycles. The van der Waals surface area contributed by atoms with Gasteiger partial charge in [-0.2, -0.15) is 13.2 Å². The molecule has 0 aliphatic rings. The zero-order chi connectivity index (χ0) is 20.0. The van der Waals surface area contributed by atoms with Crippen molar-refractivity contribution in [3.63, 3.8) is 0 Å². The van der Waals surface area contributed by atoms with Crippen LogP contribution in [0.25, 0.3) is 6.08 Å². The third kappa shape index (κ3) is 6.18. The number of alkyl halides is 3. The van der Waals surface area contributed by atoms with E-state index in [1.54, 1.807) is 12.1 Å². The van der Waals surface area contributed by atoms with E-state index in [1.165, 1.54) is 19.3 Å². The van der Waals surface area contributed by atoms with Gasteiger partial charge in [0, 0.05) is 18.2 Å². The summed E-state index contributed by atoms with van der Waals surface area (Å²) in [5, 5.41) is 1.87. The van der Waals surface area contributed by atoms with Crippen LogP contribution in [0.1, 0.15) is 23.5 Å². The number of halogens is 4. The van der Waals surface area contributed by atoms with Crippen molar-refractivity contribution >= 4 is 35.2 Å². The minimum atomic E-state index is -4.62. The van der Waals surface area contributed by atoms with Crippen LogP contribution >= 0.6 is 11.6 Å². The second kappa shape index (κ2) is 8.77. The summed E-state index contributed by atoms with van der Waals surface area (Å²) in [4.78, 5) is 23.0. The van der Waals surface area contributed by atoms with E-state index in [4.69, 9.17) is 16.0 Å². The minimum Gasteiger partial charge on any atom is -0.469 e. The molecule has 0 atom stereocenters. The van der Waals surface area contributed by atoms with E-state index in [9.17, 15) is 22.8 Å². The number of benzene rings is 1. The van der Waals surface area contributed by atoms with Gasteiger partial charge >= 0.3 is 12.1 Å². The highest BCUT2D eigenvalue weighted by Crippen LogP contribution is 2.36. The van der Waals surface area contributed by atoms with Crippen molar-refractivity contribution in [3.8, 4) is 0 Å². The average molecular weight is 402 g/mol. The Labute approximate surface area is 157 Å². The maximum Gasteiger partial charge on any atom is 0.417 e. The zero-order valence-corrected chi connectivity index (χ0v) is 14.9. The summed E-state index contributed by atoms with van der Waals surface area (Å²) in [6.45, 7) is 0. The third-order valence-corrected chi connectivity index (χ3v) is 3.75. The van der Waals surface area contributed by atoms with Crippen molar-refractivity contribution in [3.05, 3.63) is 58.5 Å². The Morgan fingerprint density at radius 3 is 2.67 bits per heavy atom. The van der Waals surface area contributed by atoms with E-state index in [0.29, 0.717) is 17.9 Å². The molecular weight excluding hydrogens is 387 g/mol. The van der Waals surface area contributed by atoms with Gasteiger partial charge in [-0.25, -0.2) is 0 Å². The fourth-order valence-electron chi connectivity index (χ4n) is 2.11. The van der Waals surface area contributed by atoms with E-state index < -0.39 is 22.7 Å². The van der Waals surface area contributed by atoms with Crippen LogP contribution in [0.5, 0.6) is 0 Å². The fraction of sp³-hybridized carbons (Fsp3) is 0.222. The van der Waals surface area contributed by atoms with Crippen molar-refractivity contribution < 1.29 is 31.9 Å². The molecule has 1 amide bonds. The van der Waals surface area contributed by atoms with Crippen LogP contribution in [0.15, 0.2) is 40.8 Å². The SMILES string of the molecule is COC(=O)CCc1ccc(/C=C/C(=O)Nc2ccc(Cl)c(C(F)(F)F)c2)o1. The lowest BCUT2D eigenvalue weighted by Crippen LogP contribution is -2.10. The third-order valence-electron chi connectivity index (χ3n) is 3.42. The number of hydrogen-bond acceptors (Lipinski definition) is 4. The topological polar surface area (TPSA) is 68.5 Å². The molecule has 0 aliphatic heterocycles. The van der Waals surface area contributed by atoms with E-state index in [-0.39, 0.29) is 18.1 Å². The Kier molecular flexibility index (Phi) is 6.68. The van der Waals surface area contributed by atoms with Crippen LogP contribution in [0.4, 0.5) is 18.9 Å². The highest BCUT2D eigenvalue weighted by Gasteiger charge is 2.33. The smallest absolute Gasteiger partial charge is 0.417 e. The number of aryl methyl sites for hydroxylation is 1. The Morgan fingerprint density at radius 2 is 2.00 bits per heavy atom. The summed E-state index contributed by atoms with van der Waals surface area (Å²) in [6.07, 6.45) is -1.64. The van der Waals surface area contributed by atoms with Crippen LogP contribution < -0.4 is 5.32 Å². The van der Waals surface area contributed by atoms with Gasteiger partial charge in [-0.15, -0.1) is 0 Å². The molecule has 0 bridgehead atoms. The molecule has 0 saturated heterocycles. The summed E-state index contributed by atoms with van der Waals surface area (Å²) >= 11 is 5.53. The number of rotatable bonds is 6. The van der Waals surface area contributed by atoms with Gasteiger partial charge in [-0.05, 0) is 36.4 Å². The molecule has 0 unspecified atom stereocenters. The number of methoxy groups -OCH3 is 1. The zero-order valence-electron chi connectivity index (χ0n) is 14.1.